The number of ether oxygens (including phenoxy) is 6. The van der Waals surface area contributed by atoms with Gasteiger partial charge >= 0.3 is 18.2 Å². The number of hydrogen-bond acceptors (Lipinski definition) is 9. The van der Waals surface area contributed by atoms with Crippen LogP contribution < -0.4 is 0 Å². The Morgan fingerprint density at radius 1 is 0.875 bits per heavy atom. The molecule has 0 radical (unpaired) electrons. The summed E-state index contributed by atoms with van der Waals surface area (Å²) in [5, 5.41) is 0. The molecule has 2 aliphatic rings. The number of carbonyl (C=O) groups excluding carboxylic acids is 3. The third-order valence-electron chi connectivity index (χ3n) is 7.79. The minimum absolute atomic E-state index is 0.190. The molecule has 2 rings (SSSR count). The van der Waals surface area contributed by atoms with Crippen LogP contribution in [-0.2, 0) is 33.2 Å². The Hall–Kier alpha value is -2.07. The Balaban J connectivity index is 2.08. The minimum Gasteiger partial charge on any atom is -0.469 e. The molecule has 0 aromatic heterocycles. The van der Waals surface area contributed by atoms with Gasteiger partial charge in [0.15, 0.2) is 6.29 Å². The average molecular weight is 572 g/mol. The molecule has 3 atom stereocenters. The van der Waals surface area contributed by atoms with E-state index in [0.717, 1.165) is 77.0 Å². The number of amides is 1. The van der Waals surface area contributed by atoms with Crippen LogP contribution >= 0.6 is 0 Å². The Bertz CT molecular complexity index is 707. The Kier molecular flexibility index (Phi) is 17.7. The maximum atomic E-state index is 13.2. The second kappa shape index (κ2) is 20.8. The molecule has 1 saturated carbocycles. The van der Waals surface area contributed by atoms with Gasteiger partial charge in [0.25, 0.3) is 0 Å². The highest BCUT2D eigenvalue weighted by Crippen LogP contribution is 2.30. The molecule has 0 aromatic rings. The number of esters is 1. The van der Waals surface area contributed by atoms with Gasteiger partial charge in [0.05, 0.1) is 33.0 Å². The van der Waals surface area contributed by atoms with Crippen molar-refractivity contribution in [1.29, 1.82) is 0 Å². The van der Waals surface area contributed by atoms with Crippen LogP contribution in [0.25, 0.3) is 0 Å². The third kappa shape index (κ3) is 13.5. The molecule has 0 aromatic carbocycles. The predicted octanol–water partition coefficient (Wildman–Crippen LogP) is 6.38. The van der Waals surface area contributed by atoms with Crippen LogP contribution in [0.15, 0.2) is 0 Å². The fourth-order valence-corrected chi connectivity index (χ4v) is 5.56. The van der Waals surface area contributed by atoms with Crippen LogP contribution in [0.1, 0.15) is 110 Å². The Morgan fingerprint density at radius 2 is 1.60 bits per heavy atom. The monoisotopic (exact) mass is 571 g/mol. The normalized spacial score (nSPS) is 19.3. The molecule has 40 heavy (non-hydrogen) atoms. The fraction of sp³-hybridized carbons (Fsp3) is 0.900. The van der Waals surface area contributed by atoms with Gasteiger partial charge in [-0.05, 0) is 64.7 Å². The molecule has 0 spiro atoms. The summed E-state index contributed by atoms with van der Waals surface area (Å²) in [5.41, 5.74) is 0. The Labute approximate surface area is 240 Å². The number of methoxy groups -OCH3 is 1. The third-order valence-corrected chi connectivity index (χ3v) is 7.79. The van der Waals surface area contributed by atoms with E-state index in [1.54, 1.807) is 18.7 Å². The summed E-state index contributed by atoms with van der Waals surface area (Å²) >= 11 is 0. The van der Waals surface area contributed by atoms with Crippen LogP contribution in [0.3, 0.4) is 0 Å². The van der Waals surface area contributed by atoms with E-state index < -0.39 is 6.16 Å². The van der Waals surface area contributed by atoms with Gasteiger partial charge in [-0.15, -0.1) is 0 Å². The molecule has 10 nitrogen and oxygen atoms in total. The van der Waals surface area contributed by atoms with Gasteiger partial charge in [0.2, 0.25) is 0 Å². The molecule has 2 fully saturated rings. The van der Waals surface area contributed by atoms with Crippen LogP contribution in [0.2, 0.25) is 0 Å². The van der Waals surface area contributed by atoms with E-state index >= 15 is 0 Å². The van der Waals surface area contributed by atoms with Crippen molar-refractivity contribution < 1.29 is 42.8 Å². The molecule has 0 bridgehead atoms. The molecule has 1 heterocycles. The van der Waals surface area contributed by atoms with Crippen molar-refractivity contribution in [2.45, 2.75) is 129 Å². The van der Waals surface area contributed by atoms with Crippen molar-refractivity contribution in [2.24, 2.45) is 5.92 Å². The van der Waals surface area contributed by atoms with Gasteiger partial charge in [-0.3, -0.25) is 4.79 Å². The summed E-state index contributed by atoms with van der Waals surface area (Å²) in [7, 11) is 1.41. The quantitative estimate of drug-likeness (QED) is 0.105. The zero-order valence-corrected chi connectivity index (χ0v) is 25.1. The first-order chi connectivity index (χ1) is 19.5. The zero-order valence-electron chi connectivity index (χ0n) is 25.1. The molecule has 1 saturated heterocycles. The highest BCUT2D eigenvalue weighted by molar-refractivity contribution is 5.69. The van der Waals surface area contributed by atoms with Gasteiger partial charge in [-0.25, -0.2) is 9.59 Å². The molecule has 1 amide bonds. The standard InChI is InChI=1S/C30H53NO9/c1-4-36-29(33)31(21-20-26(40-30(34)37-5-2)24-15-9-8-10-16-24)25(23-39-28-19-13-14-22-38-28)17-11-6-7-12-18-27(32)35-3/h24-26,28H,4-23H2,1-3H3. The second-order valence-corrected chi connectivity index (χ2v) is 10.7. The smallest absolute Gasteiger partial charge is 0.469 e. The van der Waals surface area contributed by atoms with Crippen molar-refractivity contribution in [3.8, 4) is 0 Å². The summed E-state index contributed by atoms with van der Waals surface area (Å²) < 4.78 is 33.0. The lowest BCUT2D eigenvalue weighted by atomic mass is 9.84. The first-order valence-corrected chi connectivity index (χ1v) is 15.5. The van der Waals surface area contributed by atoms with Gasteiger partial charge in [-0.2, -0.15) is 0 Å². The molecule has 10 heteroatoms. The van der Waals surface area contributed by atoms with E-state index in [0.29, 0.717) is 32.6 Å². The van der Waals surface area contributed by atoms with Crippen molar-refractivity contribution in [2.75, 3.05) is 40.1 Å². The average Bonchev–Trinajstić information content (AvgIpc) is 2.97. The molecular weight excluding hydrogens is 518 g/mol. The van der Waals surface area contributed by atoms with E-state index in [1.165, 1.54) is 13.5 Å². The maximum absolute atomic E-state index is 13.2. The topological polar surface area (TPSA) is 110 Å². The molecule has 3 unspecified atom stereocenters. The van der Waals surface area contributed by atoms with Gasteiger partial charge in [-0.1, -0.05) is 38.5 Å². The number of rotatable bonds is 18. The summed E-state index contributed by atoms with van der Waals surface area (Å²) in [4.78, 5) is 38.7. The summed E-state index contributed by atoms with van der Waals surface area (Å²) in [6.07, 6.45) is 11.9. The molecule has 1 aliphatic carbocycles. The SMILES string of the molecule is CCOC(=O)OC(CCN(C(=O)OCC)C(CCCCCCC(=O)OC)COC1CCCCO1)C1CCCCC1. The Morgan fingerprint density at radius 3 is 2.27 bits per heavy atom. The maximum Gasteiger partial charge on any atom is 0.508 e. The molecule has 0 N–H and O–H groups in total. The van der Waals surface area contributed by atoms with E-state index in [2.05, 4.69) is 0 Å². The van der Waals surface area contributed by atoms with Crippen LogP contribution in [0.5, 0.6) is 0 Å². The summed E-state index contributed by atoms with van der Waals surface area (Å²) in [5.74, 6) is 0.0622. The number of nitrogens with zero attached hydrogens (tertiary/aromatic N) is 1. The van der Waals surface area contributed by atoms with Crippen molar-refractivity contribution >= 4 is 18.2 Å². The number of hydrogen-bond donors (Lipinski definition) is 0. The zero-order chi connectivity index (χ0) is 29.0. The van der Waals surface area contributed by atoms with Crippen LogP contribution in [0.4, 0.5) is 9.59 Å². The lowest BCUT2D eigenvalue weighted by molar-refractivity contribution is -0.170. The molecule has 1 aliphatic heterocycles. The molecular formula is C30H53NO9. The second-order valence-electron chi connectivity index (χ2n) is 10.7. The largest absolute Gasteiger partial charge is 0.508 e. The van der Waals surface area contributed by atoms with E-state index in [9.17, 15) is 14.4 Å². The lowest BCUT2D eigenvalue weighted by Gasteiger charge is -2.35. The van der Waals surface area contributed by atoms with E-state index in [4.69, 9.17) is 28.4 Å². The highest BCUT2D eigenvalue weighted by atomic mass is 16.7. The summed E-state index contributed by atoms with van der Waals surface area (Å²) in [6.45, 7) is 5.51. The van der Waals surface area contributed by atoms with E-state index in [-0.39, 0.29) is 49.6 Å². The highest BCUT2D eigenvalue weighted by Gasteiger charge is 2.32. The van der Waals surface area contributed by atoms with Crippen LogP contribution in [-0.4, -0.2) is 81.6 Å². The van der Waals surface area contributed by atoms with Gasteiger partial charge in [0.1, 0.15) is 6.10 Å². The van der Waals surface area contributed by atoms with E-state index in [1.807, 2.05) is 0 Å². The molecule has 232 valence electrons. The van der Waals surface area contributed by atoms with Gasteiger partial charge in [0, 0.05) is 26.0 Å². The lowest BCUT2D eigenvalue weighted by Crippen LogP contribution is -2.46. The summed E-state index contributed by atoms with van der Waals surface area (Å²) in [6, 6.07) is -0.209. The van der Waals surface area contributed by atoms with Crippen LogP contribution in [0, 0.1) is 5.92 Å². The predicted molar refractivity (Wildman–Crippen MR) is 150 cm³/mol. The van der Waals surface area contributed by atoms with Crippen molar-refractivity contribution in [1.82, 2.24) is 4.90 Å². The number of carbonyl (C=O) groups is 3. The van der Waals surface area contributed by atoms with Gasteiger partial charge < -0.3 is 33.3 Å². The number of unbranched alkanes of at least 4 members (excludes halogenated alkanes) is 3. The minimum atomic E-state index is -0.651. The van der Waals surface area contributed by atoms with Crippen molar-refractivity contribution in [3.05, 3.63) is 0 Å². The first kappa shape index (κ1) is 34.1. The first-order valence-electron chi connectivity index (χ1n) is 15.5. The van der Waals surface area contributed by atoms with Crippen molar-refractivity contribution in [3.63, 3.8) is 0 Å². The fourth-order valence-electron chi connectivity index (χ4n) is 5.56.